The highest BCUT2D eigenvalue weighted by Crippen LogP contribution is 2.58. The van der Waals surface area contributed by atoms with Gasteiger partial charge in [-0.05, 0) is 49.4 Å². The third kappa shape index (κ3) is 4.63. The number of halogens is 3. The van der Waals surface area contributed by atoms with Crippen LogP contribution in [-0.4, -0.2) is 33.1 Å². The Hall–Kier alpha value is -3.22. The number of alkyl halides is 3. The van der Waals surface area contributed by atoms with E-state index in [1.165, 1.54) is 34.6 Å². The standard InChI is InChI=1S/C21H20F3N3O5S/c1-13-19(32-12-25-13)20(28)26-15-5-8-17-18(11-15)33(29,30)27(9-2-10-31-17)16-6-3-14(4-7-16)21(22,23)24/h3-8,11-12,29-30H,2,9-10H2,1H3,(H,26,28). The van der Waals surface area contributed by atoms with Gasteiger partial charge in [-0.1, -0.05) is 10.8 Å². The predicted octanol–water partition coefficient (Wildman–Crippen LogP) is 5.57. The molecular weight excluding hydrogens is 463 g/mol. The van der Waals surface area contributed by atoms with E-state index in [9.17, 15) is 27.1 Å². The molecular formula is C21H20F3N3O5S. The second-order valence-electron chi connectivity index (χ2n) is 7.25. The lowest BCUT2D eigenvalue weighted by atomic mass is 10.2. The van der Waals surface area contributed by atoms with Crippen LogP contribution < -0.4 is 14.4 Å². The highest BCUT2D eigenvalue weighted by molar-refractivity contribution is 8.25. The van der Waals surface area contributed by atoms with Crippen molar-refractivity contribution in [2.45, 2.75) is 24.4 Å². The molecule has 0 bridgehead atoms. The third-order valence-corrected chi connectivity index (χ3v) is 6.92. The number of benzene rings is 2. The van der Waals surface area contributed by atoms with Crippen LogP contribution in [0.5, 0.6) is 5.75 Å². The zero-order valence-electron chi connectivity index (χ0n) is 17.3. The van der Waals surface area contributed by atoms with Crippen molar-refractivity contribution in [1.29, 1.82) is 0 Å². The number of amides is 1. The number of nitrogens with one attached hydrogen (secondary N) is 1. The molecule has 1 aromatic heterocycles. The van der Waals surface area contributed by atoms with Crippen molar-refractivity contribution in [1.82, 2.24) is 4.98 Å². The maximum Gasteiger partial charge on any atom is 0.416 e. The number of hydrogen-bond donors (Lipinski definition) is 3. The van der Waals surface area contributed by atoms with Crippen molar-refractivity contribution >= 4 is 28.1 Å². The number of nitrogens with zero attached hydrogens (tertiary/aromatic N) is 2. The van der Waals surface area contributed by atoms with Crippen LogP contribution in [0.25, 0.3) is 0 Å². The Kier molecular flexibility index (Phi) is 5.99. The molecule has 0 aliphatic carbocycles. The Morgan fingerprint density at radius 3 is 2.55 bits per heavy atom. The number of anilines is 2. The van der Waals surface area contributed by atoms with E-state index in [0.29, 0.717) is 12.1 Å². The molecule has 1 aliphatic heterocycles. The Balaban J connectivity index is 1.68. The van der Waals surface area contributed by atoms with Crippen LogP contribution in [0.2, 0.25) is 0 Å². The van der Waals surface area contributed by atoms with Crippen molar-refractivity contribution < 1.29 is 36.2 Å². The summed E-state index contributed by atoms with van der Waals surface area (Å²) >= 11 is 0. The SMILES string of the molecule is Cc1ncoc1C(=O)Nc1ccc2c(c1)S(O)(O)N(c1ccc(C(F)(F)F)cc1)CCCO2. The Labute approximate surface area is 188 Å². The minimum absolute atomic E-state index is 0.00538. The highest BCUT2D eigenvalue weighted by Gasteiger charge is 2.33. The Bertz CT molecular complexity index is 1160. The second kappa shape index (κ2) is 8.61. The fourth-order valence-corrected chi connectivity index (χ4v) is 5.07. The summed E-state index contributed by atoms with van der Waals surface area (Å²) in [6.07, 6.45) is -2.97. The van der Waals surface area contributed by atoms with Gasteiger partial charge >= 0.3 is 6.18 Å². The lowest BCUT2D eigenvalue weighted by molar-refractivity contribution is -0.137. The molecule has 3 aromatic rings. The minimum atomic E-state index is -4.51. The Morgan fingerprint density at radius 2 is 1.91 bits per heavy atom. The van der Waals surface area contributed by atoms with Crippen molar-refractivity contribution in [2.75, 3.05) is 22.8 Å². The molecule has 0 atom stereocenters. The van der Waals surface area contributed by atoms with Gasteiger partial charge in [0.15, 0.2) is 6.39 Å². The normalized spacial score (nSPS) is 16.7. The average Bonchev–Trinajstić information content (AvgIpc) is 3.19. The monoisotopic (exact) mass is 483 g/mol. The highest BCUT2D eigenvalue weighted by atomic mass is 32.3. The van der Waals surface area contributed by atoms with Gasteiger partial charge in [0.1, 0.15) is 10.6 Å². The first-order valence-corrected chi connectivity index (χ1v) is 11.3. The number of carbonyl (C=O) groups is 1. The van der Waals surface area contributed by atoms with E-state index in [-0.39, 0.29) is 40.9 Å². The third-order valence-electron chi connectivity index (χ3n) is 5.00. The van der Waals surface area contributed by atoms with Crippen molar-refractivity contribution in [3.05, 3.63) is 65.9 Å². The van der Waals surface area contributed by atoms with Crippen LogP contribution in [0.4, 0.5) is 24.5 Å². The molecule has 2 aromatic carbocycles. The van der Waals surface area contributed by atoms with Crippen LogP contribution in [0.1, 0.15) is 28.2 Å². The summed E-state index contributed by atoms with van der Waals surface area (Å²) < 4.78 is 73.1. The fraction of sp³-hybridized carbons (Fsp3) is 0.238. The molecule has 0 saturated heterocycles. The van der Waals surface area contributed by atoms with E-state index in [1.54, 1.807) is 6.92 Å². The molecule has 1 amide bonds. The quantitative estimate of drug-likeness (QED) is 0.447. The molecule has 4 rings (SSSR count). The second-order valence-corrected chi connectivity index (χ2v) is 9.17. The van der Waals surface area contributed by atoms with Crippen molar-refractivity contribution in [3.63, 3.8) is 0 Å². The van der Waals surface area contributed by atoms with Gasteiger partial charge in [-0.15, -0.1) is 0 Å². The molecule has 0 unspecified atom stereocenters. The first kappa shape index (κ1) is 23.0. The fourth-order valence-electron chi connectivity index (χ4n) is 3.36. The largest absolute Gasteiger partial charge is 0.491 e. The molecule has 0 fully saturated rings. The van der Waals surface area contributed by atoms with Crippen LogP contribution in [-0.2, 0) is 6.18 Å². The molecule has 1 aliphatic rings. The summed E-state index contributed by atoms with van der Waals surface area (Å²) in [7, 11) is -3.72. The average molecular weight is 483 g/mol. The van der Waals surface area contributed by atoms with Crippen LogP contribution in [0.3, 0.4) is 0 Å². The maximum absolute atomic E-state index is 12.9. The van der Waals surface area contributed by atoms with Crippen LogP contribution >= 0.6 is 10.8 Å². The lowest BCUT2D eigenvalue weighted by Gasteiger charge is -2.46. The molecule has 3 N–H and O–H groups in total. The van der Waals surface area contributed by atoms with Gasteiger partial charge in [-0.2, -0.15) is 13.2 Å². The van der Waals surface area contributed by atoms with E-state index in [1.807, 2.05) is 0 Å². The maximum atomic E-state index is 12.9. The van der Waals surface area contributed by atoms with Crippen LogP contribution in [0.15, 0.2) is 58.2 Å². The summed E-state index contributed by atoms with van der Waals surface area (Å²) in [6.45, 7) is 1.98. The van der Waals surface area contributed by atoms with Crippen molar-refractivity contribution in [3.8, 4) is 5.75 Å². The van der Waals surface area contributed by atoms with E-state index in [0.717, 1.165) is 18.5 Å². The van der Waals surface area contributed by atoms with Crippen LogP contribution in [0, 0.1) is 6.92 Å². The molecule has 0 radical (unpaired) electrons. The number of oxazole rings is 1. The summed E-state index contributed by atoms with van der Waals surface area (Å²) in [4.78, 5) is 16.3. The minimum Gasteiger partial charge on any atom is -0.491 e. The molecule has 33 heavy (non-hydrogen) atoms. The van der Waals surface area contributed by atoms with E-state index in [2.05, 4.69) is 10.3 Å². The number of carbonyl (C=O) groups excluding carboxylic acids is 1. The van der Waals surface area contributed by atoms with Gasteiger partial charge in [-0.25, -0.2) is 4.98 Å². The van der Waals surface area contributed by atoms with Gasteiger partial charge in [-0.3, -0.25) is 18.2 Å². The number of fused-ring (bicyclic) bond motifs is 1. The van der Waals surface area contributed by atoms with Gasteiger partial charge in [0, 0.05) is 18.7 Å². The molecule has 2 heterocycles. The topological polar surface area (TPSA) is 108 Å². The van der Waals surface area contributed by atoms with E-state index >= 15 is 0 Å². The molecule has 12 heteroatoms. The number of ether oxygens (including phenoxy) is 1. The number of aromatic nitrogens is 1. The number of hydrogen-bond acceptors (Lipinski definition) is 7. The number of rotatable bonds is 3. The molecule has 0 spiro atoms. The molecule has 176 valence electrons. The molecule has 0 saturated carbocycles. The summed E-state index contributed by atoms with van der Waals surface area (Å²) in [5.74, 6) is -0.371. The van der Waals surface area contributed by atoms with Gasteiger partial charge < -0.3 is 14.5 Å². The first-order chi connectivity index (χ1) is 15.6. The van der Waals surface area contributed by atoms with Gasteiger partial charge in [0.25, 0.3) is 5.91 Å². The van der Waals surface area contributed by atoms with Gasteiger partial charge in [0.2, 0.25) is 5.76 Å². The lowest BCUT2D eigenvalue weighted by Crippen LogP contribution is -2.31. The summed E-state index contributed by atoms with van der Waals surface area (Å²) in [6, 6.07) is 8.53. The van der Waals surface area contributed by atoms with Gasteiger partial charge in [0.05, 0.1) is 23.6 Å². The van der Waals surface area contributed by atoms with Crippen molar-refractivity contribution in [2.24, 2.45) is 0 Å². The Morgan fingerprint density at radius 1 is 1.18 bits per heavy atom. The van der Waals surface area contributed by atoms with E-state index < -0.39 is 28.4 Å². The predicted molar refractivity (Wildman–Crippen MR) is 116 cm³/mol. The smallest absolute Gasteiger partial charge is 0.416 e. The van der Waals surface area contributed by atoms with E-state index in [4.69, 9.17) is 9.15 Å². The summed E-state index contributed by atoms with van der Waals surface area (Å²) in [5.41, 5.74) is -0.000274. The summed E-state index contributed by atoms with van der Waals surface area (Å²) in [5, 5.41) is 2.61. The number of aryl methyl sites for hydroxylation is 1. The first-order valence-electron chi connectivity index (χ1n) is 9.79. The zero-order chi connectivity index (χ0) is 23.8. The zero-order valence-corrected chi connectivity index (χ0v) is 18.1. The molecule has 8 nitrogen and oxygen atoms in total.